The molecule has 162 valence electrons. The third-order valence-electron chi connectivity index (χ3n) is 5.35. The number of aromatic nitrogens is 6. The Bertz CT molecular complexity index is 1210. The molecule has 4 aromatic rings. The minimum atomic E-state index is -1.23. The SMILES string of the molecule is CCCOc1ccc(-c2nnc3c4ncn([C@@H]5O[C@H](CO)[C@H](O)[C@@H]5O)c4ncn23)cc1. The van der Waals surface area contributed by atoms with Gasteiger partial charge >= 0.3 is 0 Å². The molecule has 0 saturated carbocycles. The van der Waals surface area contributed by atoms with E-state index in [4.69, 9.17) is 9.47 Å². The molecule has 1 aromatic carbocycles. The summed E-state index contributed by atoms with van der Waals surface area (Å²) in [7, 11) is 0. The zero-order valence-electron chi connectivity index (χ0n) is 16.7. The Labute approximate surface area is 176 Å². The highest BCUT2D eigenvalue weighted by Gasteiger charge is 2.44. The van der Waals surface area contributed by atoms with Gasteiger partial charge in [0.25, 0.3) is 0 Å². The lowest BCUT2D eigenvalue weighted by Gasteiger charge is -2.16. The van der Waals surface area contributed by atoms with Gasteiger partial charge in [0.15, 0.2) is 28.9 Å². The number of rotatable bonds is 6. The highest BCUT2D eigenvalue weighted by atomic mass is 16.6. The van der Waals surface area contributed by atoms with Gasteiger partial charge in [-0.05, 0) is 30.7 Å². The van der Waals surface area contributed by atoms with E-state index < -0.39 is 31.1 Å². The number of benzene rings is 1. The smallest absolute Gasteiger partial charge is 0.192 e. The molecule has 3 aromatic heterocycles. The van der Waals surface area contributed by atoms with Crippen LogP contribution in [0.5, 0.6) is 5.75 Å². The first kappa shape index (κ1) is 19.8. The summed E-state index contributed by atoms with van der Waals surface area (Å²) in [6.45, 7) is 2.31. The van der Waals surface area contributed by atoms with Crippen LogP contribution in [0.25, 0.3) is 28.2 Å². The van der Waals surface area contributed by atoms with Crippen molar-refractivity contribution >= 4 is 16.8 Å². The highest BCUT2D eigenvalue weighted by molar-refractivity contribution is 5.86. The molecule has 5 rings (SSSR count). The van der Waals surface area contributed by atoms with Crippen LogP contribution >= 0.6 is 0 Å². The van der Waals surface area contributed by atoms with Crippen molar-refractivity contribution in [2.24, 2.45) is 0 Å². The number of hydrogen-bond donors (Lipinski definition) is 3. The van der Waals surface area contributed by atoms with Gasteiger partial charge in [-0.15, -0.1) is 10.2 Å². The van der Waals surface area contributed by atoms with E-state index in [0.29, 0.717) is 29.2 Å². The highest BCUT2D eigenvalue weighted by Crippen LogP contribution is 2.32. The fraction of sp³-hybridized carbons (Fsp3) is 0.400. The Balaban J connectivity index is 1.51. The van der Waals surface area contributed by atoms with Gasteiger partial charge in [-0.3, -0.25) is 8.97 Å². The average molecular weight is 426 g/mol. The Hall–Kier alpha value is -3.12. The van der Waals surface area contributed by atoms with Gasteiger partial charge in [0.05, 0.1) is 19.5 Å². The maximum absolute atomic E-state index is 10.3. The average Bonchev–Trinajstić information content (AvgIpc) is 3.48. The van der Waals surface area contributed by atoms with Gasteiger partial charge in [0, 0.05) is 5.56 Å². The first-order valence-electron chi connectivity index (χ1n) is 10.0. The molecule has 0 spiro atoms. The van der Waals surface area contributed by atoms with Crippen molar-refractivity contribution in [3.8, 4) is 17.1 Å². The van der Waals surface area contributed by atoms with Crippen LogP contribution in [-0.2, 0) is 4.74 Å². The van der Waals surface area contributed by atoms with Crippen LogP contribution in [0.3, 0.4) is 0 Å². The Morgan fingerprint density at radius 2 is 1.84 bits per heavy atom. The number of ether oxygens (including phenoxy) is 2. The largest absolute Gasteiger partial charge is 0.494 e. The number of nitrogens with zero attached hydrogens (tertiary/aromatic N) is 6. The number of aliphatic hydroxyl groups is 3. The van der Waals surface area contributed by atoms with Crippen molar-refractivity contribution in [2.45, 2.75) is 37.9 Å². The molecule has 1 aliphatic rings. The molecule has 0 aliphatic carbocycles. The van der Waals surface area contributed by atoms with Gasteiger partial charge in [0.2, 0.25) is 0 Å². The summed E-state index contributed by atoms with van der Waals surface area (Å²) >= 11 is 0. The normalized spacial score (nSPS) is 23.7. The second-order valence-corrected chi connectivity index (χ2v) is 7.39. The molecule has 4 heterocycles. The number of fused-ring (bicyclic) bond motifs is 3. The molecule has 0 radical (unpaired) electrons. The van der Waals surface area contributed by atoms with Crippen LogP contribution in [-0.4, -0.2) is 76.0 Å². The summed E-state index contributed by atoms with van der Waals surface area (Å²) in [5.41, 5.74) is 2.24. The van der Waals surface area contributed by atoms with Gasteiger partial charge < -0.3 is 24.8 Å². The summed E-state index contributed by atoms with van der Waals surface area (Å²) in [6, 6.07) is 7.58. The number of imidazole rings is 1. The molecule has 4 atom stereocenters. The van der Waals surface area contributed by atoms with E-state index in [9.17, 15) is 15.3 Å². The monoisotopic (exact) mass is 426 g/mol. The fourth-order valence-electron chi connectivity index (χ4n) is 3.73. The van der Waals surface area contributed by atoms with E-state index in [0.717, 1.165) is 17.7 Å². The first-order chi connectivity index (χ1) is 15.1. The van der Waals surface area contributed by atoms with Crippen molar-refractivity contribution in [1.82, 2.24) is 29.1 Å². The zero-order valence-corrected chi connectivity index (χ0v) is 16.7. The minimum absolute atomic E-state index is 0.408. The van der Waals surface area contributed by atoms with Crippen molar-refractivity contribution in [1.29, 1.82) is 0 Å². The second-order valence-electron chi connectivity index (χ2n) is 7.39. The lowest BCUT2D eigenvalue weighted by molar-refractivity contribution is -0.0511. The third kappa shape index (κ3) is 3.22. The van der Waals surface area contributed by atoms with Crippen molar-refractivity contribution < 1.29 is 24.8 Å². The van der Waals surface area contributed by atoms with Crippen LogP contribution in [0.15, 0.2) is 36.9 Å². The van der Waals surface area contributed by atoms with Gasteiger partial charge in [-0.2, -0.15) is 0 Å². The maximum atomic E-state index is 10.3. The van der Waals surface area contributed by atoms with Crippen molar-refractivity contribution in [3.05, 3.63) is 36.9 Å². The molecule has 31 heavy (non-hydrogen) atoms. The zero-order chi connectivity index (χ0) is 21.5. The topological polar surface area (TPSA) is 140 Å². The molecule has 0 amide bonds. The molecule has 0 unspecified atom stereocenters. The lowest BCUT2D eigenvalue weighted by Crippen LogP contribution is -2.33. The molecule has 0 bridgehead atoms. The molecule has 1 aliphatic heterocycles. The van der Waals surface area contributed by atoms with E-state index >= 15 is 0 Å². The van der Waals surface area contributed by atoms with Crippen molar-refractivity contribution in [2.75, 3.05) is 13.2 Å². The van der Waals surface area contributed by atoms with E-state index in [1.165, 1.54) is 10.9 Å². The Morgan fingerprint density at radius 3 is 2.55 bits per heavy atom. The van der Waals surface area contributed by atoms with Crippen LogP contribution < -0.4 is 4.74 Å². The Morgan fingerprint density at radius 1 is 1.03 bits per heavy atom. The summed E-state index contributed by atoms with van der Waals surface area (Å²) in [5.74, 6) is 1.39. The summed E-state index contributed by atoms with van der Waals surface area (Å²) < 4.78 is 14.5. The molecule has 1 fully saturated rings. The molecule has 1 saturated heterocycles. The molecular formula is C20H22N6O5. The van der Waals surface area contributed by atoms with Gasteiger partial charge in [0.1, 0.15) is 30.4 Å². The van der Waals surface area contributed by atoms with Crippen molar-refractivity contribution in [3.63, 3.8) is 0 Å². The minimum Gasteiger partial charge on any atom is -0.494 e. The molecule has 11 heteroatoms. The fourth-order valence-corrected chi connectivity index (χ4v) is 3.73. The predicted octanol–water partition coefficient (Wildman–Crippen LogP) is 0.541. The summed E-state index contributed by atoms with van der Waals surface area (Å²) in [5, 5.41) is 38.3. The summed E-state index contributed by atoms with van der Waals surface area (Å²) in [6.07, 6.45) is -0.266. The van der Waals surface area contributed by atoms with Crippen LogP contribution in [0.4, 0.5) is 0 Å². The van der Waals surface area contributed by atoms with Crippen LogP contribution in [0, 0.1) is 0 Å². The first-order valence-corrected chi connectivity index (χ1v) is 10.0. The van der Waals surface area contributed by atoms with E-state index in [1.807, 2.05) is 24.3 Å². The van der Waals surface area contributed by atoms with Crippen LogP contribution in [0.2, 0.25) is 0 Å². The van der Waals surface area contributed by atoms with E-state index in [1.54, 1.807) is 10.7 Å². The summed E-state index contributed by atoms with van der Waals surface area (Å²) in [4.78, 5) is 8.84. The predicted molar refractivity (Wildman–Crippen MR) is 108 cm³/mol. The standard InChI is InChI=1S/C20H22N6O5/c1-2-7-30-12-5-3-11(4-6-12)17-23-24-19-14-18(22-10-25(17)19)26(9-21-14)20-16(29)15(28)13(8-27)31-20/h3-6,9-10,13,15-16,20,27-29H,2,7-8H2,1H3/t13-,15+,16+,20-/m1/s1. The van der Waals surface area contributed by atoms with E-state index in [2.05, 4.69) is 27.1 Å². The van der Waals surface area contributed by atoms with Gasteiger partial charge in [-0.25, -0.2) is 9.97 Å². The second kappa shape index (κ2) is 7.85. The van der Waals surface area contributed by atoms with E-state index in [-0.39, 0.29) is 0 Å². The maximum Gasteiger partial charge on any atom is 0.192 e. The third-order valence-corrected chi connectivity index (χ3v) is 5.35. The van der Waals surface area contributed by atoms with Gasteiger partial charge in [-0.1, -0.05) is 6.92 Å². The molecule has 11 nitrogen and oxygen atoms in total. The molecule has 3 N–H and O–H groups in total. The van der Waals surface area contributed by atoms with Crippen LogP contribution in [0.1, 0.15) is 19.6 Å². The number of aliphatic hydroxyl groups excluding tert-OH is 3. The Kier molecular flexibility index (Phi) is 5.02. The quantitative estimate of drug-likeness (QED) is 0.403. The number of hydrogen-bond acceptors (Lipinski definition) is 9. The molecular weight excluding hydrogens is 404 g/mol. The lowest BCUT2D eigenvalue weighted by atomic mass is 10.1.